The van der Waals surface area contributed by atoms with Crippen LogP contribution in [0.5, 0.6) is 0 Å². The molecule has 1 saturated carbocycles. The first-order chi connectivity index (χ1) is 19.6. The smallest absolute Gasteiger partial charge is 0.320 e. The second-order valence-corrected chi connectivity index (χ2v) is 11.5. The van der Waals surface area contributed by atoms with Gasteiger partial charge in [0.1, 0.15) is 12.2 Å². The first-order valence-electron chi connectivity index (χ1n) is 13.7. The highest BCUT2D eigenvalue weighted by molar-refractivity contribution is 5.73. The van der Waals surface area contributed by atoms with Gasteiger partial charge in [0.15, 0.2) is 5.65 Å². The average Bonchev–Trinajstić information content (AvgIpc) is 3.62. The lowest BCUT2D eigenvalue weighted by molar-refractivity contribution is -0.136. The van der Waals surface area contributed by atoms with Gasteiger partial charge in [-0.15, -0.1) is 10.2 Å². The minimum absolute atomic E-state index is 0.229. The molecule has 0 N–H and O–H groups in total. The van der Waals surface area contributed by atoms with Crippen LogP contribution in [0, 0.1) is 12.8 Å². The third kappa shape index (κ3) is 3.85. The maximum atomic E-state index is 14.3. The summed E-state index contributed by atoms with van der Waals surface area (Å²) in [5.41, 5.74) is 2.03. The fourth-order valence-electron chi connectivity index (χ4n) is 6.95. The van der Waals surface area contributed by atoms with Crippen molar-refractivity contribution in [3.63, 3.8) is 0 Å². The molecule has 0 saturated heterocycles. The topological polar surface area (TPSA) is 82.9 Å². The number of fused-ring (bicyclic) bond motifs is 2. The van der Waals surface area contributed by atoms with E-state index in [-0.39, 0.29) is 11.0 Å². The number of rotatable bonds is 4. The molecule has 0 atom stereocenters. The fourth-order valence-corrected chi connectivity index (χ4v) is 6.95. The van der Waals surface area contributed by atoms with Crippen molar-refractivity contribution in [1.29, 1.82) is 0 Å². The maximum Gasteiger partial charge on any atom is 0.420 e. The number of nitrogens with zero attached hydrogens (tertiary/aromatic N) is 7. The second kappa shape index (κ2) is 8.86. The van der Waals surface area contributed by atoms with Gasteiger partial charge in [0.25, 0.3) is 5.56 Å². The van der Waals surface area contributed by atoms with Gasteiger partial charge in [0.2, 0.25) is 0 Å². The van der Waals surface area contributed by atoms with E-state index in [1.54, 1.807) is 19.3 Å². The number of alkyl halides is 3. The van der Waals surface area contributed by atoms with E-state index < -0.39 is 22.9 Å². The first-order valence-corrected chi connectivity index (χ1v) is 13.7. The van der Waals surface area contributed by atoms with Crippen LogP contribution in [0.15, 0.2) is 53.8 Å². The number of pyridine rings is 1. The zero-order chi connectivity index (χ0) is 28.7. The molecule has 11 heteroatoms. The predicted molar refractivity (Wildman–Crippen MR) is 146 cm³/mol. The van der Waals surface area contributed by atoms with Crippen LogP contribution in [0.3, 0.4) is 0 Å². The monoisotopic (exact) mass is 559 g/mol. The number of aryl methyl sites for hydroxylation is 3. The van der Waals surface area contributed by atoms with Gasteiger partial charge in [-0.2, -0.15) is 18.3 Å². The minimum Gasteiger partial charge on any atom is -0.320 e. The highest BCUT2D eigenvalue weighted by Gasteiger charge is 2.48. The number of halogens is 3. The summed E-state index contributed by atoms with van der Waals surface area (Å²) < 4.78 is 47.7. The van der Waals surface area contributed by atoms with Gasteiger partial charge in [-0.1, -0.05) is 25.1 Å². The molecule has 7 rings (SSSR count). The maximum absolute atomic E-state index is 14.3. The van der Waals surface area contributed by atoms with Crippen LogP contribution in [-0.4, -0.2) is 33.9 Å². The quantitative estimate of drug-likeness (QED) is 0.297. The Morgan fingerprint density at radius 2 is 1.93 bits per heavy atom. The lowest BCUT2D eigenvalue weighted by Crippen LogP contribution is -2.43. The number of aromatic nitrogens is 7. The zero-order valence-corrected chi connectivity index (χ0v) is 22.9. The van der Waals surface area contributed by atoms with E-state index in [1.807, 2.05) is 34.5 Å². The van der Waals surface area contributed by atoms with Gasteiger partial charge >= 0.3 is 6.18 Å². The van der Waals surface area contributed by atoms with Gasteiger partial charge < -0.3 is 4.57 Å². The molecule has 2 aliphatic rings. The largest absolute Gasteiger partial charge is 0.420 e. The fraction of sp³-hybridized carbons (Fsp3) is 0.367. The Hall–Kier alpha value is -4.28. The summed E-state index contributed by atoms with van der Waals surface area (Å²) >= 11 is 0. The molecule has 5 aromatic rings. The molecule has 1 fully saturated rings. The molecule has 210 valence electrons. The highest BCUT2D eigenvalue weighted by atomic mass is 19.4. The molecule has 1 aliphatic carbocycles. The zero-order valence-electron chi connectivity index (χ0n) is 22.9. The molecule has 1 aromatic carbocycles. The Labute approximate surface area is 233 Å². The van der Waals surface area contributed by atoms with Crippen molar-refractivity contribution >= 4 is 5.65 Å². The molecule has 0 amide bonds. The van der Waals surface area contributed by atoms with Crippen LogP contribution in [-0.2, 0) is 31.6 Å². The summed E-state index contributed by atoms with van der Waals surface area (Å²) in [5, 5.41) is 13.0. The van der Waals surface area contributed by atoms with Gasteiger partial charge in [0.05, 0.1) is 22.2 Å². The molecule has 0 bridgehead atoms. The Morgan fingerprint density at radius 1 is 1.12 bits per heavy atom. The molecule has 0 radical (unpaired) electrons. The molecule has 41 heavy (non-hydrogen) atoms. The Kier molecular flexibility index (Phi) is 5.55. The van der Waals surface area contributed by atoms with Gasteiger partial charge in [-0.3, -0.25) is 13.9 Å². The van der Waals surface area contributed by atoms with Crippen molar-refractivity contribution in [2.75, 3.05) is 0 Å². The summed E-state index contributed by atoms with van der Waals surface area (Å²) in [6, 6.07) is 8.71. The predicted octanol–water partition coefficient (Wildman–Crippen LogP) is 5.34. The average molecular weight is 560 g/mol. The van der Waals surface area contributed by atoms with Gasteiger partial charge in [-0.05, 0) is 61.8 Å². The van der Waals surface area contributed by atoms with E-state index in [0.717, 1.165) is 59.8 Å². The van der Waals surface area contributed by atoms with Crippen LogP contribution in [0.4, 0.5) is 13.2 Å². The van der Waals surface area contributed by atoms with E-state index >= 15 is 0 Å². The normalized spacial score (nSPS) is 20.4. The molecule has 1 aliphatic heterocycles. The SMILES string of the molecule is Cc1nn2c(c1-c1cc(C(F)(F)F)c3ncc(-c4cccc(C5(c6nncn6C)CC(C)C5)c4)c(=O)n3c1)CCC2. The van der Waals surface area contributed by atoms with Crippen molar-refractivity contribution in [1.82, 2.24) is 33.9 Å². The van der Waals surface area contributed by atoms with Gasteiger partial charge in [0, 0.05) is 42.8 Å². The molecule has 5 heterocycles. The third-order valence-corrected chi connectivity index (χ3v) is 8.67. The van der Waals surface area contributed by atoms with Crippen LogP contribution in [0.25, 0.3) is 27.9 Å². The van der Waals surface area contributed by atoms with Crippen molar-refractivity contribution in [2.45, 2.75) is 57.7 Å². The molecule has 4 aromatic heterocycles. The number of hydrogen-bond donors (Lipinski definition) is 0. The van der Waals surface area contributed by atoms with E-state index in [0.29, 0.717) is 28.3 Å². The lowest BCUT2D eigenvalue weighted by Gasteiger charge is -2.46. The Balaban J connectivity index is 1.41. The van der Waals surface area contributed by atoms with E-state index in [2.05, 4.69) is 27.2 Å². The Bertz CT molecular complexity index is 1890. The van der Waals surface area contributed by atoms with Crippen LogP contribution >= 0.6 is 0 Å². The first kappa shape index (κ1) is 25.7. The second-order valence-electron chi connectivity index (χ2n) is 11.5. The van der Waals surface area contributed by atoms with Crippen molar-refractivity contribution in [2.24, 2.45) is 13.0 Å². The summed E-state index contributed by atoms with van der Waals surface area (Å²) in [4.78, 5) is 18.1. The standard InChI is InChI=1S/C30H28F3N7O/c1-17-12-29(13-17,28-36-35-16-38(28)3)21-7-4-6-19(10-21)22-14-34-26-23(30(31,32)33)11-20(15-39(26)27(22)41)25-18(2)37-40-9-5-8-24(25)40/h4,6-7,10-11,14-17H,5,8-9,12-13H2,1-3H3. The third-order valence-electron chi connectivity index (χ3n) is 8.67. The van der Waals surface area contributed by atoms with Crippen molar-refractivity contribution < 1.29 is 13.2 Å². The lowest BCUT2D eigenvalue weighted by atomic mass is 9.58. The van der Waals surface area contributed by atoms with Crippen LogP contribution in [0.1, 0.15) is 54.5 Å². The molecular formula is C30H28F3N7O. The van der Waals surface area contributed by atoms with E-state index in [1.165, 1.54) is 12.4 Å². The summed E-state index contributed by atoms with van der Waals surface area (Å²) in [5.74, 6) is 1.35. The summed E-state index contributed by atoms with van der Waals surface area (Å²) in [7, 11) is 1.91. The van der Waals surface area contributed by atoms with Crippen molar-refractivity contribution in [3.05, 3.63) is 87.7 Å². The minimum atomic E-state index is -4.70. The molecular weight excluding hydrogens is 531 g/mol. The number of benzene rings is 1. The molecule has 8 nitrogen and oxygen atoms in total. The van der Waals surface area contributed by atoms with E-state index in [4.69, 9.17) is 0 Å². The number of hydrogen-bond acceptors (Lipinski definition) is 5. The van der Waals surface area contributed by atoms with Gasteiger partial charge in [-0.25, -0.2) is 4.98 Å². The summed E-state index contributed by atoms with van der Waals surface area (Å²) in [6.45, 7) is 4.70. The highest BCUT2D eigenvalue weighted by Crippen LogP contribution is 2.51. The molecule has 0 unspecified atom stereocenters. The van der Waals surface area contributed by atoms with E-state index in [9.17, 15) is 18.0 Å². The molecule has 0 spiro atoms. The summed E-state index contributed by atoms with van der Waals surface area (Å²) in [6.07, 6.45) is 3.08. The Morgan fingerprint density at radius 3 is 2.63 bits per heavy atom. The van der Waals surface area contributed by atoms with Crippen molar-refractivity contribution in [3.8, 4) is 22.3 Å². The van der Waals surface area contributed by atoms with Crippen LogP contribution in [0.2, 0.25) is 0 Å². The van der Waals surface area contributed by atoms with Crippen LogP contribution < -0.4 is 5.56 Å².